The van der Waals surface area contributed by atoms with E-state index < -0.39 is 7.14 Å². The summed E-state index contributed by atoms with van der Waals surface area (Å²) in [7, 11) is -3.07. The fourth-order valence-electron chi connectivity index (χ4n) is 6.17. The number of benzene rings is 5. The van der Waals surface area contributed by atoms with Crippen molar-refractivity contribution >= 4 is 44.9 Å². The Labute approximate surface area is 256 Å². The molecule has 0 radical (unpaired) electrons. The van der Waals surface area contributed by atoms with Crippen LogP contribution >= 0.6 is 7.14 Å². The maximum atomic E-state index is 15.0. The molecule has 2 heterocycles. The molecule has 0 saturated carbocycles. The summed E-state index contributed by atoms with van der Waals surface area (Å²) >= 11 is 0. The Kier molecular flexibility index (Phi) is 6.40. The van der Waals surface area contributed by atoms with Crippen LogP contribution in [0.4, 0.5) is 0 Å². The first-order chi connectivity index (χ1) is 21.7. The van der Waals surface area contributed by atoms with Crippen LogP contribution < -0.4 is 15.9 Å². The summed E-state index contributed by atoms with van der Waals surface area (Å²) in [5.41, 5.74) is 7.97. The molecule has 208 valence electrons. The largest absolute Gasteiger partial charge is 0.309 e. The molecule has 3 nitrogen and oxygen atoms in total. The fraction of sp³-hybridized carbons (Fsp3) is 0. The summed E-state index contributed by atoms with van der Waals surface area (Å²) in [4.78, 5) is 10.2. The number of hydrogen-bond acceptors (Lipinski definition) is 3. The molecular weight excluding hydrogens is 555 g/mol. The third kappa shape index (κ3) is 4.33. The summed E-state index contributed by atoms with van der Waals surface area (Å²) in [6, 6.07) is 54.8. The molecule has 0 amide bonds. The van der Waals surface area contributed by atoms with Crippen molar-refractivity contribution in [3.05, 3.63) is 164 Å². The Morgan fingerprint density at radius 3 is 1.77 bits per heavy atom. The van der Waals surface area contributed by atoms with Gasteiger partial charge in [-0.2, -0.15) is 0 Å². The number of aromatic nitrogens is 2. The van der Waals surface area contributed by atoms with E-state index in [1.54, 1.807) is 0 Å². The lowest BCUT2D eigenvalue weighted by atomic mass is 9.98. The van der Waals surface area contributed by atoms with Gasteiger partial charge in [-0.05, 0) is 29.3 Å². The minimum atomic E-state index is -3.07. The van der Waals surface area contributed by atoms with E-state index in [1.807, 2.05) is 97.1 Å². The van der Waals surface area contributed by atoms with Gasteiger partial charge in [-0.25, -0.2) is 9.97 Å². The van der Waals surface area contributed by atoms with Crippen LogP contribution in [0.3, 0.4) is 0 Å². The molecule has 4 heteroatoms. The minimum absolute atomic E-state index is 0.816. The van der Waals surface area contributed by atoms with Crippen LogP contribution in [0.1, 0.15) is 0 Å². The van der Waals surface area contributed by atoms with Crippen LogP contribution in [0.15, 0.2) is 164 Å². The van der Waals surface area contributed by atoms with E-state index in [4.69, 9.17) is 9.97 Å². The lowest BCUT2D eigenvalue weighted by Crippen LogP contribution is -2.25. The molecule has 44 heavy (non-hydrogen) atoms. The van der Waals surface area contributed by atoms with Crippen LogP contribution in [0.5, 0.6) is 0 Å². The molecule has 6 aromatic rings. The summed E-state index contributed by atoms with van der Waals surface area (Å²) in [6.07, 6.45) is 0. The molecule has 1 aliphatic heterocycles. The van der Waals surface area contributed by atoms with Crippen LogP contribution in [0.25, 0.3) is 55.4 Å². The standard InChI is InChI=1S/C40H27N2OP/c43-44(31-14-4-1-5-15-31,32-16-6-2-7-17-32)33-18-12-13-30(27-33)28-23-25-29(26-24-28)39-38-34-19-8-3-9-21-36(34)42-40(38)35-20-10-11-22-37(35)41-39/h1-27H. The van der Waals surface area contributed by atoms with Crippen LogP contribution in [0, 0.1) is 0 Å². The van der Waals surface area contributed by atoms with E-state index in [0.29, 0.717) is 0 Å². The van der Waals surface area contributed by atoms with Crippen molar-refractivity contribution in [2.45, 2.75) is 0 Å². The summed E-state index contributed by atoms with van der Waals surface area (Å²) in [5, 5.41) is 4.59. The first-order valence-corrected chi connectivity index (χ1v) is 16.4. The number of rotatable bonds is 5. The van der Waals surface area contributed by atoms with E-state index in [-0.39, 0.29) is 0 Å². The van der Waals surface area contributed by atoms with Gasteiger partial charge in [-0.1, -0.05) is 146 Å². The van der Waals surface area contributed by atoms with Gasteiger partial charge in [0.05, 0.1) is 22.4 Å². The zero-order chi connectivity index (χ0) is 29.5. The molecule has 0 atom stereocenters. The Morgan fingerprint density at radius 2 is 1.05 bits per heavy atom. The maximum Gasteiger partial charge on any atom is 0.171 e. The molecule has 2 aliphatic rings. The molecule has 1 aromatic heterocycles. The quantitative estimate of drug-likeness (QED) is 0.190. The third-order valence-electron chi connectivity index (χ3n) is 8.32. The Hall–Kier alpha value is -5.37. The minimum Gasteiger partial charge on any atom is -0.309 e. The second kappa shape index (κ2) is 10.7. The highest BCUT2D eigenvalue weighted by Crippen LogP contribution is 2.43. The zero-order valence-electron chi connectivity index (χ0n) is 23.8. The van der Waals surface area contributed by atoms with E-state index in [2.05, 4.69) is 66.7 Å². The van der Waals surface area contributed by atoms with Crippen molar-refractivity contribution in [2.24, 2.45) is 0 Å². The van der Waals surface area contributed by atoms with Crippen molar-refractivity contribution in [1.82, 2.24) is 9.97 Å². The molecular formula is C40H27N2OP. The molecule has 0 fully saturated rings. The highest BCUT2D eigenvalue weighted by molar-refractivity contribution is 7.85. The molecule has 5 aromatic carbocycles. The third-order valence-corrected chi connectivity index (χ3v) is 11.4. The van der Waals surface area contributed by atoms with Gasteiger partial charge < -0.3 is 4.57 Å². The van der Waals surface area contributed by atoms with Gasteiger partial charge in [0.25, 0.3) is 0 Å². The molecule has 0 bridgehead atoms. The Morgan fingerprint density at radius 1 is 0.455 bits per heavy atom. The van der Waals surface area contributed by atoms with E-state index in [9.17, 15) is 4.57 Å². The first kappa shape index (κ1) is 26.3. The van der Waals surface area contributed by atoms with Crippen LogP contribution in [0.2, 0.25) is 0 Å². The summed E-state index contributed by atoms with van der Waals surface area (Å²) in [5.74, 6) is 0. The highest BCUT2D eigenvalue weighted by atomic mass is 31.2. The van der Waals surface area contributed by atoms with E-state index in [0.717, 1.165) is 71.4 Å². The van der Waals surface area contributed by atoms with Crippen LogP contribution in [-0.4, -0.2) is 9.97 Å². The van der Waals surface area contributed by atoms with E-state index >= 15 is 0 Å². The predicted octanol–water partition coefficient (Wildman–Crippen LogP) is 8.86. The molecule has 1 aliphatic carbocycles. The normalized spacial score (nSPS) is 11.7. The second-order valence-electron chi connectivity index (χ2n) is 10.9. The number of nitrogens with zero attached hydrogens (tertiary/aromatic N) is 2. The molecule has 0 N–H and O–H groups in total. The van der Waals surface area contributed by atoms with Gasteiger partial charge >= 0.3 is 0 Å². The number of fused-ring (bicyclic) bond motifs is 5. The van der Waals surface area contributed by atoms with Gasteiger partial charge in [0.2, 0.25) is 0 Å². The highest BCUT2D eigenvalue weighted by Gasteiger charge is 2.29. The maximum absolute atomic E-state index is 15.0. The van der Waals surface area contributed by atoms with Crippen molar-refractivity contribution in [3.63, 3.8) is 0 Å². The summed E-state index contributed by atoms with van der Waals surface area (Å²) in [6.45, 7) is 0. The molecule has 0 saturated heterocycles. The smallest absolute Gasteiger partial charge is 0.171 e. The van der Waals surface area contributed by atoms with Crippen LogP contribution in [-0.2, 0) is 4.57 Å². The van der Waals surface area contributed by atoms with Gasteiger partial charge in [0, 0.05) is 37.8 Å². The lowest BCUT2D eigenvalue weighted by Gasteiger charge is -2.20. The topological polar surface area (TPSA) is 42.9 Å². The number of pyridine rings is 1. The lowest BCUT2D eigenvalue weighted by molar-refractivity contribution is 0.592. The average molecular weight is 583 g/mol. The molecule has 0 spiro atoms. The first-order valence-electron chi connectivity index (χ1n) is 14.7. The van der Waals surface area contributed by atoms with Gasteiger partial charge in [0.15, 0.2) is 7.14 Å². The van der Waals surface area contributed by atoms with Gasteiger partial charge in [-0.3, -0.25) is 0 Å². The SMILES string of the molecule is O=P(c1ccccc1)(c1ccccc1)c1cccc(-c2ccc(-c3nc4ccccc4c4nc5cccccc-5c34)cc2)c1. The summed E-state index contributed by atoms with van der Waals surface area (Å²) < 4.78 is 15.0. The average Bonchev–Trinajstić information content (AvgIpc) is 3.30. The van der Waals surface area contributed by atoms with Gasteiger partial charge in [0.1, 0.15) is 0 Å². The second-order valence-corrected chi connectivity index (χ2v) is 13.7. The molecule has 8 rings (SSSR count). The van der Waals surface area contributed by atoms with Crippen molar-refractivity contribution in [1.29, 1.82) is 0 Å². The zero-order valence-corrected chi connectivity index (χ0v) is 24.7. The number of para-hydroxylation sites is 1. The number of hydrogen-bond donors (Lipinski definition) is 0. The van der Waals surface area contributed by atoms with Crippen molar-refractivity contribution < 1.29 is 4.57 Å². The van der Waals surface area contributed by atoms with Gasteiger partial charge in [-0.15, -0.1) is 0 Å². The fourth-order valence-corrected chi connectivity index (χ4v) is 8.86. The molecule has 0 unspecified atom stereocenters. The Balaban J connectivity index is 1.25. The monoisotopic (exact) mass is 582 g/mol. The van der Waals surface area contributed by atoms with Crippen molar-refractivity contribution in [3.8, 4) is 33.6 Å². The Bertz CT molecular complexity index is 2250. The van der Waals surface area contributed by atoms with E-state index in [1.165, 1.54) is 0 Å². The van der Waals surface area contributed by atoms with Crippen molar-refractivity contribution in [2.75, 3.05) is 0 Å². The predicted molar refractivity (Wildman–Crippen MR) is 184 cm³/mol.